The Bertz CT molecular complexity index is 1650. The fourth-order valence-corrected chi connectivity index (χ4v) is 6.44. The maximum Gasteiger partial charge on any atom is 0.259 e. The molecule has 1 aromatic carbocycles. The zero-order valence-corrected chi connectivity index (χ0v) is 23.5. The Morgan fingerprint density at radius 3 is 2.67 bits per heavy atom. The molecular formula is C27H33N7O5S. The molecule has 3 heterocycles. The van der Waals surface area contributed by atoms with Crippen LogP contribution in [0.25, 0.3) is 16.9 Å². The Morgan fingerprint density at radius 2 is 2.02 bits per heavy atom. The number of aliphatic hydroxyl groups is 1. The summed E-state index contributed by atoms with van der Waals surface area (Å²) < 4.78 is 29.2. The number of nitrogens with one attached hydrogen (secondary N) is 2. The third-order valence-electron chi connectivity index (χ3n) is 8.22. The molecule has 12 nitrogen and oxygen atoms in total. The lowest BCUT2D eigenvalue weighted by Gasteiger charge is -2.41. The van der Waals surface area contributed by atoms with Crippen molar-refractivity contribution in [2.24, 2.45) is 5.92 Å². The van der Waals surface area contributed by atoms with Crippen molar-refractivity contribution in [2.45, 2.75) is 70.7 Å². The van der Waals surface area contributed by atoms with Crippen LogP contribution in [0, 0.1) is 5.92 Å². The van der Waals surface area contributed by atoms with Gasteiger partial charge in [-0.1, -0.05) is 0 Å². The number of carbonyl (C=O) groups excluding carboxylic acids is 2. The van der Waals surface area contributed by atoms with E-state index in [1.54, 1.807) is 25.3 Å². The number of nitrogens with zero attached hydrogens (tertiary/aromatic N) is 4. The van der Waals surface area contributed by atoms with Crippen molar-refractivity contribution in [3.05, 3.63) is 41.1 Å². The largest absolute Gasteiger partial charge is 0.390 e. The van der Waals surface area contributed by atoms with Gasteiger partial charge in [0.15, 0.2) is 11.5 Å². The number of fused-ring (bicyclic) bond motifs is 2. The van der Waals surface area contributed by atoms with Gasteiger partial charge < -0.3 is 21.1 Å². The summed E-state index contributed by atoms with van der Waals surface area (Å²) in [7, 11) is -3.67. The lowest BCUT2D eigenvalue weighted by atomic mass is 9.77. The molecule has 2 aliphatic carbocycles. The molecule has 0 bridgehead atoms. The van der Waals surface area contributed by atoms with E-state index in [-0.39, 0.29) is 46.5 Å². The molecule has 0 saturated heterocycles. The summed E-state index contributed by atoms with van der Waals surface area (Å²) in [5, 5.41) is 17.1. The predicted octanol–water partition coefficient (Wildman–Crippen LogP) is 2.14. The van der Waals surface area contributed by atoms with Gasteiger partial charge in [-0.2, -0.15) is 0 Å². The lowest BCUT2D eigenvalue weighted by molar-refractivity contribution is -0.0366. The molecule has 40 heavy (non-hydrogen) atoms. The standard InChI is InChI=1S/C27H33N7O5S/c1-4-40(38,39)32-20-10-16(9-17-13-33(26(36)21(17)20)14(2)15-5-6-15)19-7-8-34-24(30-19)22(23(28)31-34)25(35)29-18-11-27(3,37)12-18/h7-10,14-15,18,32,37H,4-6,11-13H2,1-3H3,(H2,28,31)(H,29,35)/t14?,18-,27-. The second kappa shape index (κ2) is 9.16. The van der Waals surface area contributed by atoms with Gasteiger partial charge >= 0.3 is 0 Å². The molecule has 3 aromatic rings. The monoisotopic (exact) mass is 567 g/mol. The molecule has 2 saturated carbocycles. The van der Waals surface area contributed by atoms with E-state index >= 15 is 0 Å². The van der Waals surface area contributed by atoms with Gasteiger partial charge in [-0.25, -0.2) is 17.9 Å². The highest BCUT2D eigenvalue weighted by atomic mass is 32.2. The van der Waals surface area contributed by atoms with E-state index in [1.807, 2.05) is 17.9 Å². The minimum absolute atomic E-state index is 0.0221. The van der Waals surface area contributed by atoms with Crippen LogP contribution in [0.1, 0.15) is 72.7 Å². The Kier molecular flexibility index (Phi) is 6.07. The quantitative estimate of drug-likeness (QED) is 0.320. The highest BCUT2D eigenvalue weighted by Crippen LogP contribution is 2.41. The average molecular weight is 568 g/mol. The predicted molar refractivity (Wildman–Crippen MR) is 149 cm³/mol. The lowest BCUT2D eigenvalue weighted by Crippen LogP contribution is -2.53. The molecule has 13 heteroatoms. The van der Waals surface area contributed by atoms with Crippen molar-refractivity contribution in [3.8, 4) is 11.3 Å². The fraction of sp³-hybridized carbons (Fsp3) is 0.481. The molecule has 1 aliphatic heterocycles. The highest BCUT2D eigenvalue weighted by molar-refractivity contribution is 7.92. The van der Waals surface area contributed by atoms with Gasteiger partial charge in [0.1, 0.15) is 5.56 Å². The number of nitrogen functional groups attached to an aromatic ring is 1. The van der Waals surface area contributed by atoms with E-state index in [2.05, 4.69) is 15.1 Å². The van der Waals surface area contributed by atoms with Crippen LogP contribution in [0.5, 0.6) is 0 Å². The molecular weight excluding hydrogens is 534 g/mol. The Morgan fingerprint density at radius 1 is 1.30 bits per heavy atom. The Hall–Kier alpha value is -3.71. The molecule has 1 atom stereocenters. The van der Waals surface area contributed by atoms with Crippen LogP contribution in [0.3, 0.4) is 0 Å². The third kappa shape index (κ3) is 4.66. The van der Waals surface area contributed by atoms with Crippen LogP contribution in [0.15, 0.2) is 24.4 Å². The number of hydrogen-bond donors (Lipinski definition) is 4. The van der Waals surface area contributed by atoms with E-state index < -0.39 is 21.5 Å². The number of nitrogens with two attached hydrogens (primary N) is 1. The van der Waals surface area contributed by atoms with Crippen molar-refractivity contribution in [2.75, 3.05) is 16.2 Å². The average Bonchev–Trinajstić information content (AvgIpc) is 3.59. The molecule has 2 amide bonds. The third-order valence-corrected chi connectivity index (χ3v) is 9.51. The molecule has 1 unspecified atom stereocenters. The van der Waals surface area contributed by atoms with E-state index in [0.717, 1.165) is 12.8 Å². The summed E-state index contributed by atoms with van der Waals surface area (Å²) in [5.74, 6) is -0.278. The van der Waals surface area contributed by atoms with Crippen LogP contribution >= 0.6 is 0 Å². The van der Waals surface area contributed by atoms with Gasteiger partial charge in [-0.05, 0) is 76.1 Å². The summed E-state index contributed by atoms with van der Waals surface area (Å²) in [6.07, 6.45) is 4.68. The normalized spacial score (nSPS) is 23.1. The van der Waals surface area contributed by atoms with E-state index in [1.165, 1.54) is 11.4 Å². The van der Waals surface area contributed by atoms with Gasteiger partial charge in [-0.3, -0.25) is 14.3 Å². The second-order valence-electron chi connectivity index (χ2n) is 11.5. The van der Waals surface area contributed by atoms with Crippen LogP contribution in [-0.2, 0) is 16.6 Å². The maximum absolute atomic E-state index is 13.5. The number of sulfonamides is 1. The summed E-state index contributed by atoms with van der Waals surface area (Å²) in [6, 6.07) is 5.05. The molecule has 5 N–H and O–H groups in total. The van der Waals surface area contributed by atoms with Crippen LogP contribution in [0.4, 0.5) is 11.5 Å². The molecule has 0 spiro atoms. The van der Waals surface area contributed by atoms with E-state index in [0.29, 0.717) is 47.7 Å². The topological polar surface area (TPSA) is 172 Å². The molecule has 212 valence electrons. The fourth-order valence-electron chi connectivity index (χ4n) is 5.79. The van der Waals surface area contributed by atoms with Crippen molar-refractivity contribution in [1.29, 1.82) is 0 Å². The zero-order chi connectivity index (χ0) is 28.6. The SMILES string of the molecule is CCS(=O)(=O)Nc1cc(-c2ccn3nc(N)c(C(=O)N[C@H]4C[C@](C)(O)C4)c3n2)cc2c1C(=O)N(C(C)C1CC1)C2. The van der Waals surface area contributed by atoms with Gasteiger partial charge in [0.2, 0.25) is 10.0 Å². The number of rotatable bonds is 8. The van der Waals surface area contributed by atoms with Crippen molar-refractivity contribution in [1.82, 2.24) is 24.8 Å². The smallest absolute Gasteiger partial charge is 0.259 e. The molecule has 6 rings (SSSR count). The van der Waals surface area contributed by atoms with E-state index in [9.17, 15) is 23.1 Å². The van der Waals surface area contributed by atoms with E-state index in [4.69, 9.17) is 10.7 Å². The summed E-state index contributed by atoms with van der Waals surface area (Å²) in [5.41, 5.74) is 8.02. The summed E-state index contributed by atoms with van der Waals surface area (Å²) in [4.78, 5) is 33.1. The minimum atomic E-state index is -3.67. The molecule has 3 aliphatic rings. The first kappa shape index (κ1) is 26.5. The van der Waals surface area contributed by atoms with Gasteiger partial charge in [0.25, 0.3) is 11.8 Å². The summed E-state index contributed by atoms with van der Waals surface area (Å²) >= 11 is 0. The number of aromatic nitrogens is 3. The van der Waals surface area contributed by atoms with Crippen LogP contribution in [-0.4, -0.2) is 68.3 Å². The van der Waals surface area contributed by atoms with Gasteiger partial charge in [-0.15, -0.1) is 5.10 Å². The number of hydrogen-bond acceptors (Lipinski definition) is 8. The van der Waals surface area contributed by atoms with Gasteiger partial charge in [0.05, 0.1) is 28.3 Å². The second-order valence-corrected chi connectivity index (χ2v) is 13.5. The molecule has 2 fully saturated rings. The Balaban J connectivity index is 1.39. The first-order valence-corrected chi connectivity index (χ1v) is 15.2. The van der Waals surface area contributed by atoms with Crippen LogP contribution in [0.2, 0.25) is 0 Å². The van der Waals surface area contributed by atoms with Crippen molar-refractivity contribution in [3.63, 3.8) is 0 Å². The van der Waals surface area contributed by atoms with Crippen molar-refractivity contribution < 1.29 is 23.1 Å². The molecule has 2 aromatic heterocycles. The van der Waals surface area contributed by atoms with Crippen molar-refractivity contribution >= 4 is 39.0 Å². The maximum atomic E-state index is 13.5. The number of benzene rings is 1. The minimum Gasteiger partial charge on any atom is -0.390 e. The molecule has 0 radical (unpaired) electrons. The number of carbonyl (C=O) groups is 2. The number of anilines is 2. The summed E-state index contributed by atoms with van der Waals surface area (Å²) in [6.45, 7) is 5.67. The first-order valence-electron chi connectivity index (χ1n) is 13.5. The van der Waals surface area contributed by atoms with Crippen LogP contribution < -0.4 is 15.8 Å². The highest BCUT2D eigenvalue weighted by Gasteiger charge is 2.41. The van der Waals surface area contributed by atoms with Gasteiger partial charge in [0, 0.05) is 30.4 Å². The number of amides is 2. The first-order chi connectivity index (χ1) is 18.9. The zero-order valence-electron chi connectivity index (χ0n) is 22.6. The Labute approximate surface area is 232 Å².